The Kier molecular flexibility index (Phi) is 5.44. The van der Waals surface area contributed by atoms with E-state index in [0.717, 1.165) is 6.07 Å². The Bertz CT molecular complexity index is 1250. The summed E-state index contributed by atoms with van der Waals surface area (Å²) in [6.45, 7) is 0. The van der Waals surface area contributed by atoms with Crippen LogP contribution in [0.5, 0.6) is 11.5 Å². The summed E-state index contributed by atoms with van der Waals surface area (Å²) in [4.78, 5) is 30.5. The van der Waals surface area contributed by atoms with Crippen LogP contribution in [-0.2, 0) is 0 Å². The minimum Gasteiger partial charge on any atom is -0.478 e. The fourth-order valence-corrected chi connectivity index (χ4v) is 2.86. The molecule has 0 saturated carbocycles. The SMILES string of the molecule is O=C(O)c1c[nH]c(-c2cc(Oc3cc(C(=O)Nc4ccccc4)ccc3F)ccn2)c1. The molecule has 4 rings (SSSR count). The molecule has 4 aromatic rings. The Morgan fingerprint density at radius 1 is 1.00 bits per heavy atom. The predicted octanol–water partition coefficient (Wildman–Crippen LogP) is 4.96. The van der Waals surface area contributed by atoms with Crippen LogP contribution in [-0.4, -0.2) is 27.0 Å². The summed E-state index contributed by atoms with van der Waals surface area (Å²) in [5.74, 6) is -1.96. The number of halogens is 1. The molecule has 0 aliphatic heterocycles. The number of carbonyl (C=O) groups excluding carboxylic acids is 1. The minimum atomic E-state index is -1.07. The lowest BCUT2D eigenvalue weighted by molar-refractivity contribution is 0.0697. The van der Waals surface area contributed by atoms with Crippen LogP contribution in [0.3, 0.4) is 0 Å². The number of aromatic amines is 1. The van der Waals surface area contributed by atoms with Crippen molar-refractivity contribution in [2.75, 3.05) is 5.32 Å². The molecule has 3 N–H and O–H groups in total. The normalized spacial score (nSPS) is 10.5. The monoisotopic (exact) mass is 417 g/mol. The molecular formula is C23H16FN3O4. The summed E-state index contributed by atoms with van der Waals surface area (Å²) >= 11 is 0. The molecule has 0 aliphatic carbocycles. The van der Waals surface area contributed by atoms with Gasteiger partial charge in [0.1, 0.15) is 5.75 Å². The average molecular weight is 417 g/mol. The Morgan fingerprint density at radius 3 is 2.55 bits per heavy atom. The molecule has 7 nitrogen and oxygen atoms in total. The smallest absolute Gasteiger partial charge is 0.337 e. The third-order valence-corrected chi connectivity index (χ3v) is 4.39. The maximum Gasteiger partial charge on any atom is 0.337 e. The van der Waals surface area contributed by atoms with Gasteiger partial charge in [0.15, 0.2) is 11.6 Å². The summed E-state index contributed by atoms with van der Waals surface area (Å²) < 4.78 is 20.0. The molecule has 0 fully saturated rings. The van der Waals surface area contributed by atoms with Gasteiger partial charge in [-0.1, -0.05) is 18.2 Å². The highest BCUT2D eigenvalue weighted by Crippen LogP contribution is 2.28. The van der Waals surface area contributed by atoms with E-state index in [1.54, 1.807) is 24.3 Å². The number of hydrogen-bond acceptors (Lipinski definition) is 4. The quantitative estimate of drug-likeness (QED) is 0.411. The molecular weight excluding hydrogens is 401 g/mol. The first-order valence-electron chi connectivity index (χ1n) is 9.21. The number of rotatable bonds is 6. The third-order valence-electron chi connectivity index (χ3n) is 4.39. The van der Waals surface area contributed by atoms with E-state index in [-0.39, 0.29) is 22.6 Å². The van der Waals surface area contributed by atoms with Crippen molar-refractivity contribution in [2.45, 2.75) is 0 Å². The first-order valence-corrected chi connectivity index (χ1v) is 9.21. The number of aromatic carboxylic acids is 1. The van der Waals surface area contributed by atoms with Crippen LogP contribution in [0.1, 0.15) is 20.7 Å². The molecule has 154 valence electrons. The molecule has 2 heterocycles. The van der Waals surface area contributed by atoms with Crippen LogP contribution in [0.15, 0.2) is 79.1 Å². The zero-order valence-corrected chi connectivity index (χ0v) is 16.0. The number of nitrogens with zero attached hydrogens (tertiary/aromatic N) is 1. The maximum atomic E-state index is 14.3. The largest absolute Gasteiger partial charge is 0.478 e. The standard InChI is InChI=1S/C23H16FN3O4/c24-18-7-6-14(22(28)27-16-4-2-1-3-5-16)11-21(18)31-17-8-9-25-20(12-17)19-10-15(13-26-19)23(29)30/h1-13,26H,(H,27,28)(H,29,30). The third kappa shape index (κ3) is 4.59. The highest BCUT2D eigenvalue weighted by Gasteiger charge is 2.13. The number of ether oxygens (including phenoxy) is 1. The van der Waals surface area contributed by atoms with Crippen molar-refractivity contribution in [2.24, 2.45) is 0 Å². The minimum absolute atomic E-state index is 0.0892. The van der Waals surface area contributed by atoms with Gasteiger partial charge in [-0.05, 0) is 42.5 Å². The van der Waals surface area contributed by atoms with Gasteiger partial charge >= 0.3 is 5.97 Å². The summed E-state index contributed by atoms with van der Waals surface area (Å²) in [7, 11) is 0. The van der Waals surface area contributed by atoms with Crippen molar-refractivity contribution in [3.05, 3.63) is 96.1 Å². The lowest BCUT2D eigenvalue weighted by atomic mass is 10.2. The van der Waals surface area contributed by atoms with Gasteiger partial charge in [-0.15, -0.1) is 0 Å². The van der Waals surface area contributed by atoms with E-state index in [0.29, 0.717) is 17.1 Å². The number of para-hydroxylation sites is 1. The number of carboxylic acid groups (broad SMARTS) is 1. The van der Waals surface area contributed by atoms with Crippen molar-refractivity contribution < 1.29 is 23.8 Å². The molecule has 2 aromatic carbocycles. The second-order valence-electron chi connectivity index (χ2n) is 6.55. The van der Waals surface area contributed by atoms with Crippen LogP contribution in [0, 0.1) is 5.82 Å². The van der Waals surface area contributed by atoms with Crippen LogP contribution in [0.2, 0.25) is 0 Å². The Labute approximate surface area is 176 Å². The second kappa shape index (κ2) is 8.50. The van der Waals surface area contributed by atoms with E-state index in [1.807, 2.05) is 6.07 Å². The van der Waals surface area contributed by atoms with Gasteiger partial charge < -0.3 is 20.1 Å². The lowest BCUT2D eigenvalue weighted by Gasteiger charge is -2.10. The summed E-state index contributed by atoms with van der Waals surface area (Å²) in [5, 5.41) is 11.8. The van der Waals surface area contributed by atoms with Crippen molar-refractivity contribution in [3.63, 3.8) is 0 Å². The first kappa shape index (κ1) is 19.8. The van der Waals surface area contributed by atoms with Gasteiger partial charge in [0, 0.05) is 29.7 Å². The van der Waals surface area contributed by atoms with Gasteiger partial charge in [-0.3, -0.25) is 9.78 Å². The predicted molar refractivity (Wildman–Crippen MR) is 112 cm³/mol. The number of nitrogens with one attached hydrogen (secondary N) is 2. The number of pyridine rings is 1. The molecule has 0 saturated heterocycles. The molecule has 31 heavy (non-hydrogen) atoms. The average Bonchev–Trinajstić information content (AvgIpc) is 3.27. The summed E-state index contributed by atoms with van der Waals surface area (Å²) in [6.07, 6.45) is 2.80. The number of carbonyl (C=O) groups is 2. The number of H-pyrrole nitrogens is 1. The number of benzene rings is 2. The second-order valence-corrected chi connectivity index (χ2v) is 6.55. The van der Waals surface area contributed by atoms with Crippen molar-refractivity contribution in [1.29, 1.82) is 0 Å². The topological polar surface area (TPSA) is 104 Å². The van der Waals surface area contributed by atoms with Crippen molar-refractivity contribution >= 4 is 17.6 Å². The number of carboxylic acids is 1. The van der Waals surface area contributed by atoms with Gasteiger partial charge in [0.25, 0.3) is 5.91 Å². The zero-order valence-electron chi connectivity index (χ0n) is 16.0. The number of aromatic nitrogens is 2. The molecule has 0 spiro atoms. The highest BCUT2D eigenvalue weighted by molar-refractivity contribution is 6.04. The van der Waals surface area contributed by atoms with Crippen LogP contribution in [0.25, 0.3) is 11.4 Å². The van der Waals surface area contributed by atoms with Crippen LogP contribution in [0.4, 0.5) is 10.1 Å². The molecule has 1 amide bonds. The Balaban J connectivity index is 1.56. The van der Waals surface area contributed by atoms with Gasteiger partial charge in [0.2, 0.25) is 0 Å². The van der Waals surface area contributed by atoms with E-state index < -0.39 is 17.7 Å². The molecule has 0 aliphatic rings. The maximum absolute atomic E-state index is 14.3. The molecule has 0 radical (unpaired) electrons. The van der Waals surface area contributed by atoms with E-state index in [1.165, 1.54) is 42.7 Å². The molecule has 0 atom stereocenters. The zero-order chi connectivity index (χ0) is 21.8. The van der Waals surface area contributed by atoms with Crippen molar-refractivity contribution in [1.82, 2.24) is 9.97 Å². The van der Waals surface area contributed by atoms with Crippen LogP contribution < -0.4 is 10.1 Å². The molecule has 0 bridgehead atoms. The molecule has 8 heteroatoms. The van der Waals surface area contributed by atoms with E-state index in [4.69, 9.17) is 9.84 Å². The number of hydrogen-bond donors (Lipinski definition) is 3. The number of anilines is 1. The summed E-state index contributed by atoms with van der Waals surface area (Å²) in [6, 6.07) is 17.2. The van der Waals surface area contributed by atoms with E-state index >= 15 is 0 Å². The fraction of sp³-hybridized carbons (Fsp3) is 0. The van der Waals surface area contributed by atoms with Crippen molar-refractivity contribution in [3.8, 4) is 22.9 Å². The Morgan fingerprint density at radius 2 is 1.81 bits per heavy atom. The first-order chi connectivity index (χ1) is 15.0. The molecule has 2 aromatic heterocycles. The van der Waals surface area contributed by atoms with Gasteiger partial charge in [-0.2, -0.15) is 0 Å². The summed E-state index contributed by atoms with van der Waals surface area (Å²) in [5.41, 5.74) is 1.82. The van der Waals surface area contributed by atoms with E-state index in [9.17, 15) is 14.0 Å². The molecule has 0 unspecified atom stereocenters. The fourth-order valence-electron chi connectivity index (χ4n) is 2.86. The number of amides is 1. The van der Waals surface area contributed by atoms with E-state index in [2.05, 4.69) is 15.3 Å². The lowest BCUT2D eigenvalue weighted by Crippen LogP contribution is -2.12. The highest BCUT2D eigenvalue weighted by atomic mass is 19.1. The Hall–Kier alpha value is -4.46. The van der Waals surface area contributed by atoms with Gasteiger partial charge in [-0.25, -0.2) is 9.18 Å². The van der Waals surface area contributed by atoms with Gasteiger partial charge in [0.05, 0.1) is 17.0 Å². The van der Waals surface area contributed by atoms with Crippen LogP contribution >= 0.6 is 0 Å².